The highest BCUT2D eigenvalue weighted by molar-refractivity contribution is 5.95. The second-order valence-corrected chi connectivity index (χ2v) is 3.86. The summed E-state index contributed by atoms with van der Waals surface area (Å²) in [6.45, 7) is -0.180. The van der Waals surface area contributed by atoms with Gasteiger partial charge in [0.15, 0.2) is 0 Å². The van der Waals surface area contributed by atoms with Crippen LogP contribution in [-0.4, -0.2) is 24.7 Å². The zero-order valence-corrected chi connectivity index (χ0v) is 10.7. The molecule has 110 valence electrons. The Balaban J connectivity index is 3.16. The maximum Gasteiger partial charge on any atom is 0.416 e. The van der Waals surface area contributed by atoms with Gasteiger partial charge in [-0.15, -0.1) is 0 Å². The first-order valence-corrected chi connectivity index (χ1v) is 5.69. The van der Waals surface area contributed by atoms with E-state index < -0.39 is 17.6 Å². The Hall–Kier alpha value is -1.86. The summed E-state index contributed by atoms with van der Waals surface area (Å²) in [5, 5.41) is 8.62. The van der Waals surface area contributed by atoms with Crippen LogP contribution in [0.5, 0.6) is 0 Å². The van der Waals surface area contributed by atoms with E-state index in [1.54, 1.807) is 6.08 Å². The number of halogens is 3. The zero-order valence-electron chi connectivity index (χ0n) is 10.7. The van der Waals surface area contributed by atoms with Gasteiger partial charge in [-0.05, 0) is 24.1 Å². The minimum Gasteiger partial charge on any atom is -0.392 e. The molecule has 0 radical (unpaired) electrons. The maximum atomic E-state index is 12.6. The standard InChI is InChI=1S/C13H14F3NO3/c1-20-17-12(19)11-8-10(13(14,15)16)6-5-9(11)4-2-3-7-18/h2-3,5-6,8,18H,4,7H2,1H3,(H,17,19). The fourth-order valence-corrected chi connectivity index (χ4v) is 1.57. The Morgan fingerprint density at radius 1 is 1.40 bits per heavy atom. The molecule has 1 aromatic carbocycles. The summed E-state index contributed by atoms with van der Waals surface area (Å²) in [7, 11) is 1.19. The number of hydrogen-bond acceptors (Lipinski definition) is 3. The molecule has 0 bridgehead atoms. The van der Waals surface area contributed by atoms with Crippen LogP contribution in [0.15, 0.2) is 30.4 Å². The molecule has 0 saturated heterocycles. The Kier molecular flexibility index (Phi) is 5.72. The molecule has 0 fully saturated rings. The predicted octanol–water partition coefficient (Wildman–Crippen LogP) is 2.09. The number of carbonyl (C=O) groups is 1. The van der Waals surface area contributed by atoms with Crippen molar-refractivity contribution in [3.05, 3.63) is 47.0 Å². The molecule has 0 aliphatic carbocycles. The third-order valence-electron chi connectivity index (χ3n) is 2.49. The fourth-order valence-electron chi connectivity index (χ4n) is 1.57. The lowest BCUT2D eigenvalue weighted by molar-refractivity contribution is -0.137. The van der Waals surface area contributed by atoms with Crippen molar-refractivity contribution in [1.29, 1.82) is 0 Å². The van der Waals surface area contributed by atoms with Crippen molar-refractivity contribution in [2.24, 2.45) is 0 Å². The lowest BCUT2D eigenvalue weighted by Gasteiger charge is -2.12. The molecule has 0 atom stereocenters. The van der Waals surface area contributed by atoms with Crippen molar-refractivity contribution in [1.82, 2.24) is 5.48 Å². The zero-order chi connectivity index (χ0) is 15.2. The van der Waals surface area contributed by atoms with E-state index in [1.165, 1.54) is 19.3 Å². The molecule has 1 aromatic rings. The van der Waals surface area contributed by atoms with Gasteiger partial charge in [0, 0.05) is 5.56 Å². The number of hydrogen-bond donors (Lipinski definition) is 2. The largest absolute Gasteiger partial charge is 0.416 e. The van der Waals surface area contributed by atoms with Crippen LogP contribution in [0.4, 0.5) is 13.2 Å². The van der Waals surface area contributed by atoms with E-state index in [0.29, 0.717) is 5.56 Å². The average molecular weight is 289 g/mol. The molecule has 4 nitrogen and oxygen atoms in total. The normalized spacial score (nSPS) is 11.8. The van der Waals surface area contributed by atoms with Crippen molar-refractivity contribution in [3.63, 3.8) is 0 Å². The SMILES string of the molecule is CONC(=O)c1cc(C(F)(F)F)ccc1CC=CCO. The van der Waals surface area contributed by atoms with Crippen molar-refractivity contribution in [2.75, 3.05) is 13.7 Å². The highest BCUT2D eigenvalue weighted by Gasteiger charge is 2.31. The van der Waals surface area contributed by atoms with Crippen molar-refractivity contribution < 1.29 is 27.9 Å². The van der Waals surface area contributed by atoms with E-state index in [0.717, 1.165) is 12.1 Å². The molecule has 20 heavy (non-hydrogen) atoms. The van der Waals surface area contributed by atoms with Crippen LogP contribution >= 0.6 is 0 Å². The summed E-state index contributed by atoms with van der Waals surface area (Å²) in [5.41, 5.74) is 1.36. The predicted molar refractivity (Wildman–Crippen MR) is 65.8 cm³/mol. The highest BCUT2D eigenvalue weighted by Crippen LogP contribution is 2.30. The van der Waals surface area contributed by atoms with Crippen LogP contribution in [0.2, 0.25) is 0 Å². The van der Waals surface area contributed by atoms with Gasteiger partial charge in [-0.3, -0.25) is 9.63 Å². The molecule has 0 spiro atoms. The molecular weight excluding hydrogens is 275 g/mol. The maximum absolute atomic E-state index is 12.6. The first-order chi connectivity index (χ1) is 9.40. The van der Waals surface area contributed by atoms with Gasteiger partial charge in [0.1, 0.15) is 0 Å². The minimum atomic E-state index is -4.53. The number of benzene rings is 1. The number of carbonyl (C=O) groups excluding carboxylic acids is 1. The number of nitrogens with one attached hydrogen (secondary N) is 1. The summed E-state index contributed by atoms with van der Waals surface area (Å²) in [4.78, 5) is 16.1. The monoisotopic (exact) mass is 289 g/mol. The van der Waals surface area contributed by atoms with Gasteiger partial charge in [-0.1, -0.05) is 18.2 Å². The Morgan fingerprint density at radius 3 is 2.65 bits per heavy atom. The van der Waals surface area contributed by atoms with E-state index in [1.807, 2.05) is 5.48 Å². The summed E-state index contributed by atoms with van der Waals surface area (Å²) in [6.07, 6.45) is -1.30. The van der Waals surface area contributed by atoms with Gasteiger partial charge in [-0.2, -0.15) is 13.2 Å². The van der Waals surface area contributed by atoms with Gasteiger partial charge in [0.05, 0.1) is 19.3 Å². The van der Waals surface area contributed by atoms with Crippen molar-refractivity contribution >= 4 is 5.91 Å². The number of aliphatic hydroxyl groups excluding tert-OH is 1. The molecule has 0 aromatic heterocycles. The molecule has 0 aliphatic rings. The van der Waals surface area contributed by atoms with E-state index in [2.05, 4.69) is 4.84 Å². The first-order valence-electron chi connectivity index (χ1n) is 5.69. The van der Waals surface area contributed by atoms with Crippen LogP contribution in [-0.2, 0) is 17.4 Å². The molecule has 1 amide bonds. The van der Waals surface area contributed by atoms with Gasteiger partial charge in [-0.25, -0.2) is 5.48 Å². The van der Waals surface area contributed by atoms with E-state index in [-0.39, 0.29) is 18.6 Å². The quantitative estimate of drug-likeness (QED) is 0.644. The van der Waals surface area contributed by atoms with Crippen LogP contribution in [0, 0.1) is 0 Å². The minimum absolute atomic E-state index is 0.121. The molecule has 0 aliphatic heterocycles. The second-order valence-electron chi connectivity index (χ2n) is 3.86. The topological polar surface area (TPSA) is 58.6 Å². The average Bonchev–Trinajstić information content (AvgIpc) is 2.38. The third kappa shape index (κ3) is 4.36. The molecular formula is C13H14F3NO3. The molecule has 0 saturated carbocycles. The first kappa shape index (κ1) is 16.2. The van der Waals surface area contributed by atoms with Gasteiger partial charge in [0.2, 0.25) is 0 Å². The smallest absolute Gasteiger partial charge is 0.392 e. The van der Waals surface area contributed by atoms with Crippen LogP contribution in [0.3, 0.4) is 0 Å². The Bertz CT molecular complexity index is 498. The fraction of sp³-hybridized carbons (Fsp3) is 0.308. The Labute approximate surface area is 113 Å². The Morgan fingerprint density at radius 2 is 2.10 bits per heavy atom. The van der Waals surface area contributed by atoms with Crippen LogP contribution in [0.25, 0.3) is 0 Å². The summed E-state index contributed by atoms with van der Waals surface area (Å²) < 4.78 is 37.9. The van der Waals surface area contributed by atoms with E-state index >= 15 is 0 Å². The summed E-state index contributed by atoms with van der Waals surface area (Å²) in [5.74, 6) is -0.758. The molecule has 0 unspecified atom stereocenters. The molecule has 2 N–H and O–H groups in total. The number of amides is 1. The van der Waals surface area contributed by atoms with Crippen molar-refractivity contribution in [3.8, 4) is 0 Å². The van der Waals surface area contributed by atoms with Gasteiger partial charge < -0.3 is 5.11 Å². The van der Waals surface area contributed by atoms with Crippen LogP contribution < -0.4 is 5.48 Å². The number of alkyl halides is 3. The van der Waals surface area contributed by atoms with E-state index in [9.17, 15) is 18.0 Å². The van der Waals surface area contributed by atoms with Crippen molar-refractivity contribution in [2.45, 2.75) is 12.6 Å². The summed E-state index contributed by atoms with van der Waals surface area (Å²) in [6, 6.07) is 2.91. The molecule has 7 heteroatoms. The number of hydroxylamine groups is 1. The molecule has 0 heterocycles. The third-order valence-corrected chi connectivity index (χ3v) is 2.49. The summed E-state index contributed by atoms with van der Waals surface area (Å²) >= 11 is 0. The molecule has 1 rings (SSSR count). The lowest BCUT2D eigenvalue weighted by Crippen LogP contribution is -2.23. The van der Waals surface area contributed by atoms with E-state index in [4.69, 9.17) is 5.11 Å². The van der Waals surface area contributed by atoms with Gasteiger partial charge >= 0.3 is 6.18 Å². The van der Waals surface area contributed by atoms with Gasteiger partial charge in [0.25, 0.3) is 5.91 Å². The van der Waals surface area contributed by atoms with Crippen LogP contribution in [0.1, 0.15) is 21.5 Å². The number of rotatable bonds is 5. The number of aliphatic hydroxyl groups is 1. The number of allylic oxidation sites excluding steroid dienone is 1. The highest BCUT2D eigenvalue weighted by atomic mass is 19.4. The lowest BCUT2D eigenvalue weighted by atomic mass is 10.0. The second kappa shape index (κ2) is 7.06.